The number of carbonyl (C=O) groups is 2. The number of carbonyl (C=O) groups excluding carboxylic acids is 2. The van der Waals surface area contributed by atoms with Crippen molar-refractivity contribution in [1.82, 2.24) is 10.2 Å². The zero-order valence-corrected chi connectivity index (χ0v) is 14.2. The van der Waals surface area contributed by atoms with Crippen molar-refractivity contribution in [1.29, 1.82) is 0 Å². The highest BCUT2D eigenvalue weighted by Crippen LogP contribution is 2.37. The molecule has 0 spiro atoms. The molecule has 0 radical (unpaired) electrons. The largest absolute Gasteiger partial charge is 0.355 e. The van der Waals surface area contributed by atoms with Crippen molar-refractivity contribution in [3.8, 4) is 0 Å². The molecule has 1 fully saturated rings. The molecule has 1 saturated heterocycles. The molecular weight excluding hydrogens is 308 g/mol. The maximum Gasteiger partial charge on any atom is 0.251 e. The highest BCUT2D eigenvalue weighted by molar-refractivity contribution is 8.08. The van der Waals surface area contributed by atoms with Crippen LogP contribution in [0.25, 0.3) is 4.91 Å². The van der Waals surface area contributed by atoms with Crippen LogP contribution in [0.2, 0.25) is 0 Å². The Hall–Kier alpha value is -1.75. The quantitative estimate of drug-likeness (QED) is 0.927. The predicted octanol–water partition coefficient (Wildman–Crippen LogP) is 2.76. The molecule has 5 heteroatoms. The first-order chi connectivity index (χ1) is 11.2. The van der Waals surface area contributed by atoms with Gasteiger partial charge in [0.05, 0.1) is 5.92 Å². The second kappa shape index (κ2) is 7.21. The van der Waals surface area contributed by atoms with Gasteiger partial charge in [0.15, 0.2) is 0 Å². The molecule has 2 heterocycles. The van der Waals surface area contributed by atoms with Gasteiger partial charge in [0.25, 0.3) is 5.91 Å². The van der Waals surface area contributed by atoms with Crippen LogP contribution in [-0.2, 0) is 4.79 Å². The molecule has 122 valence electrons. The Balaban J connectivity index is 1.69. The minimum Gasteiger partial charge on any atom is -0.355 e. The Kier molecular flexibility index (Phi) is 5.06. The number of hydrogen-bond donors (Lipinski definition) is 1. The van der Waals surface area contributed by atoms with Gasteiger partial charge in [-0.2, -0.15) is 0 Å². The Bertz CT molecular complexity index is 618. The number of thioether (sulfide) groups is 1. The topological polar surface area (TPSA) is 49.4 Å². The van der Waals surface area contributed by atoms with Gasteiger partial charge in [0.1, 0.15) is 0 Å². The van der Waals surface area contributed by atoms with Crippen molar-refractivity contribution in [2.24, 2.45) is 5.92 Å². The average molecular weight is 330 g/mol. The normalized spacial score (nSPS) is 21.0. The Morgan fingerprint density at radius 1 is 1.13 bits per heavy atom. The van der Waals surface area contributed by atoms with Crippen LogP contribution in [0.1, 0.15) is 35.2 Å². The lowest BCUT2D eigenvalue weighted by Crippen LogP contribution is -2.39. The summed E-state index contributed by atoms with van der Waals surface area (Å²) < 4.78 is 0. The van der Waals surface area contributed by atoms with Crippen LogP contribution in [0.15, 0.2) is 30.3 Å². The van der Waals surface area contributed by atoms with Crippen molar-refractivity contribution >= 4 is 28.5 Å². The number of benzene rings is 1. The van der Waals surface area contributed by atoms with Gasteiger partial charge in [0, 0.05) is 36.4 Å². The van der Waals surface area contributed by atoms with E-state index in [0.717, 1.165) is 42.2 Å². The summed E-state index contributed by atoms with van der Waals surface area (Å²) in [4.78, 5) is 27.3. The maximum absolute atomic E-state index is 12.6. The van der Waals surface area contributed by atoms with Gasteiger partial charge >= 0.3 is 0 Å². The lowest BCUT2D eigenvalue weighted by Gasteiger charge is -2.28. The number of piperidine rings is 1. The van der Waals surface area contributed by atoms with E-state index >= 15 is 0 Å². The molecule has 2 aliphatic heterocycles. The smallest absolute Gasteiger partial charge is 0.251 e. The van der Waals surface area contributed by atoms with Crippen LogP contribution in [0.4, 0.5) is 0 Å². The minimum absolute atomic E-state index is 0.00767. The van der Waals surface area contributed by atoms with E-state index in [1.54, 1.807) is 18.8 Å². The van der Waals surface area contributed by atoms with E-state index < -0.39 is 0 Å². The van der Waals surface area contributed by atoms with Crippen LogP contribution < -0.4 is 5.32 Å². The average Bonchev–Trinajstić information content (AvgIpc) is 3.11. The molecule has 2 amide bonds. The first-order valence-electron chi connectivity index (χ1n) is 8.15. The standard InChI is InChI=1S/C18H22N2O2S/c1-19-17(21)14-7-5-13(6-8-14)16-11-15(12-23-16)18(22)20-9-3-2-4-10-20/h5-8,11,15H,2-4,9-10,12H2,1H3,(H,19,21). The zero-order chi connectivity index (χ0) is 16.2. The summed E-state index contributed by atoms with van der Waals surface area (Å²) in [5.74, 6) is 1.01. The molecule has 0 aromatic heterocycles. The number of rotatable bonds is 3. The summed E-state index contributed by atoms with van der Waals surface area (Å²) in [6.07, 6.45) is 5.59. The number of nitrogens with one attached hydrogen (secondary N) is 1. The highest BCUT2D eigenvalue weighted by atomic mass is 32.2. The third-order valence-electron chi connectivity index (χ3n) is 4.41. The third kappa shape index (κ3) is 3.61. The first-order valence-corrected chi connectivity index (χ1v) is 9.13. The number of likely N-dealkylation sites (tertiary alicyclic amines) is 1. The van der Waals surface area contributed by atoms with Crippen LogP contribution in [0.3, 0.4) is 0 Å². The molecule has 1 aromatic rings. The van der Waals surface area contributed by atoms with Crippen molar-refractivity contribution < 1.29 is 9.59 Å². The summed E-state index contributed by atoms with van der Waals surface area (Å²) in [7, 11) is 1.63. The van der Waals surface area contributed by atoms with E-state index in [2.05, 4.69) is 11.4 Å². The fourth-order valence-corrected chi connectivity index (χ4v) is 4.22. The first kappa shape index (κ1) is 16.1. The molecule has 1 N–H and O–H groups in total. The molecule has 0 bridgehead atoms. The SMILES string of the molecule is CNC(=O)c1ccc(C2=CC(C(=O)N3CCCCC3)CS2)cc1. The van der Waals surface area contributed by atoms with E-state index in [1.165, 1.54) is 6.42 Å². The van der Waals surface area contributed by atoms with Gasteiger partial charge in [-0.3, -0.25) is 9.59 Å². The molecule has 23 heavy (non-hydrogen) atoms. The van der Waals surface area contributed by atoms with Crippen LogP contribution in [0, 0.1) is 5.92 Å². The summed E-state index contributed by atoms with van der Waals surface area (Å²) >= 11 is 1.73. The Morgan fingerprint density at radius 2 is 1.83 bits per heavy atom. The van der Waals surface area contributed by atoms with Crippen LogP contribution in [-0.4, -0.2) is 42.6 Å². The Morgan fingerprint density at radius 3 is 2.48 bits per heavy atom. The van der Waals surface area contributed by atoms with Crippen molar-refractivity contribution in [2.75, 3.05) is 25.9 Å². The van der Waals surface area contributed by atoms with E-state index in [0.29, 0.717) is 5.56 Å². The second-order valence-electron chi connectivity index (χ2n) is 5.99. The summed E-state index contributed by atoms with van der Waals surface area (Å²) in [6, 6.07) is 7.57. The molecule has 4 nitrogen and oxygen atoms in total. The minimum atomic E-state index is -0.0808. The highest BCUT2D eigenvalue weighted by Gasteiger charge is 2.28. The summed E-state index contributed by atoms with van der Waals surface area (Å²) in [5, 5.41) is 2.62. The summed E-state index contributed by atoms with van der Waals surface area (Å²) in [6.45, 7) is 1.81. The van der Waals surface area contributed by atoms with E-state index in [-0.39, 0.29) is 17.7 Å². The van der Waals surface area contributed by atoms with Crippen LogP contribution in [0.5, 0.6) is 0 Å². The van der Waals surface area contributed by atoms with Gasteiger partial charge in [-0.05, 0) is 37.0 Å². The third-order valence-corrected chi connectivity index (χ3v) is 5.62. The van der Waals surface area contributed by atoms with Crippen molar-refractivity contribution in [3.63, 3.8) is 0 Å². The van der Waals surface area contributed by atoms with E-state index in [9.17, 15) is 9.59 Å². The molecule has 1 unspecified atom stereocenters. The van der Waals surface area contributed by atoms with Gasteiger partial charge in [-0.25, -0.2) is 0 Å². The van der Waals surface area contributed by atoms with Crippen molar-refractivity contribution in [3.05, 3.63) is 41.5 Å². The predicted molar refractivity (Wildman–Crippen MR) is 94.2 cm³/mol. The monoisotopic (exact) mass is 330 g/mol. The van der Waals surface area contributed by atoms with Gasteiger partial charge in [0.2, 0.25) is 5.91 Å². The zero-order valence-electron chi connectivity index (χ0n) is 13.4. The number of amides is 2. The van der Waals surface area contributed by atoms with E-state index in [1.807, 2.05) is 29.2 Å². The molecule has 2 aliphatic rings. The molecule has 1 atom stereocenters. The van der Waals surface area contributed by atoms with Crippen LogP contribution >= 0.6 is 11.8 Å². The molecule has 0 saturated carbocycles. The number of nitrogens with zero attached hydrogens (tertiary/aromatic N) is 1. The fourth-order valence-electron chi connectivity index (χ4n) is 3.06. The fraction of sp³-hybridized carbons (Fsp3) is 0.444. The van der Waals surface area contributed by atoms with Gasteiger partial charge < -0.3 is 10.2 Å². The second-order valence-corrected chi connectivity index (χ2v) is 7.05. The maximum atomic E-state index is 12.6. The van der Waals surface area contributed by atoms with Crippen molar-refractivity contribution in [2.45, 2.75) is 19.3 Å². The van der Waals surface area contributed by atoms with E-state index in [4.69, 9.17) is 0 Å². The molecular formula is C18H22N2O2S. The number of hydrogen-bond acceptors (Lipinski definition) is 3. The van der Waals surface area contributed by atoms with Gasteiger partial charge in [-0.1, -0.05) is 18.2 Å². The lowest BCUT2D eigenvalue weighted by atomic mass is 10.0. The van der Waals surface area contributed by atoms with Gasteiger partial charge in [-0.15, -0.1) is 11.8 Å². The molecule has 0 aliphatic carbocycles. The summed E-state index contributed by atoms with van der Waals surface area (Å²) in [5.41, 5.74) is 1.73. The lowest BCUT2D eigenvalue weighted by molar-refractivity contribution is -0.134. The molecule has 3 rings (SSSR count). The molecule has 1 aromatic carbocycles. The Labute approximate surface area is 141 Å².